The molecule has 0 amide bonds. The molecule has 0 aliphatic carbocycles. The predicted octanol–water partition coefficient (Wildman–Crippen LogP) is 0.883. The van der Waals surface area contributed by atoms with Gasteiger partial charge in [0.1, 0.15) is 6.04 Å². The van der Waals surface area contributed by atoms with Gasteiger partial charge in [-0.05, 0) is 20.9 Å². The normalized spacial score (nSPS) is 14.9. The average Bonchev–Trinajstić information content (AvgIpc) is 2.28. The lowest BCUT2D eigenvalue weighted by Crippen LogP contribution is -2.50. The lowest BCUT2D eigenvalue weighted by Gasteiger charge is -2.29. The summed E-state index contributed by atoms with van der Waals surface area (Å²) in [5.74, 6) is -0.192. The van der Waals surface area contributed by atoms with Crippen molar-refractivity contribution < 1.29 is 14.3 Å². The van der Waals surface area contributed by atoms with Crippen LogP contribution in [0.15, 0.2) is 0 Å². The van der Waals surface area contributed by atoms with Gasteiger partial charge in [0.05, 0.1) is 13.2 Å². The van der Waals surface area contributed by atoms with Crippen LogP contribution in [0, 0.1) is 0 Å². The van der Waals surface area contributed by atoms with Gasteiger partial charge >= 0.3 is 5.97 Å². The molecule has 2 unspecified atom stereocenters. The molecular weight excluding hydrogens is 232 g/mol. The first-order valence-corrected chi connectivity index (χ1v) is 6.54. The minimum Gasteiger partial charge on any atom is -0.465 e. The van der Waals surface area contributed by atoms with Crippen molar-refractivity contribution in [1.29, 1.82) is 0 Å². The Morgan fingerprint density at radius 3 is 2.39 bits per heavy atom. The van der Waals surface area contributed by atoms with Crippen molar-refractivity contribution in [2.75, 3.05) is 33.9 Å². The van der Waals surface area contributed by atoms with Crippen LogP contribution in [-0.4, -0.2) is 62.9 Å². The fourth-order valence-corrected chi connectivity index (χ4v) is 1.68. The van der Waals surface area contributed by atoms with E-state index in [0.29, 0.717) is 19.8 Å². The maximum Gasteiger partial charge on any atom is 0.324 e. The van der Waals surface area contributed by atoms with E-state index in [2.05, 4.69) is 17.1 Å². The quantitative estimate of drug-likeness (QED) is 0.624. The molecule has 0 spiro atoms. The Balaban J connectivity index is 4.42. The van der Waals surface area contributed by atoms with E-state index < -0.39 is 0 Å². The summed E-state index contributed by atoms with van der Waals surface area (Å²) < 4.78 is 10.2. The summed E-state index contributed by atoms with van der Waals surface area (Å²) in [4.78, 5) is 13.9. The molecule has 18 heavy (non-hydrogen) atoms. The first kappa shape index (κ1) is 17.4. The Morgan fingerprint density at radius 1 is 1.33 bits per heavy atom. The summed E-state index contributed by atoms with van der Waals surface area (Å²) in [6.07, 6.45) is 0. The summed E-state index contributed by atoms with van der Waals surface area (Å²) in [6, 6.07) is 0.209. The molecule has 0 aromatic carbocycles. The fraction of sp³-hybridized carbons (Fsp3) is 0.923. The summed E-state index contributed by atoms with van der Waals surface area (Å²) in [5.41, 5.74) is 0. The molecule has 0 aromatic heterocycles. The number of carbonyl (C=O) groups is 1. The summed E-state index contributed by atoms with van der Waals surface area (Å²) >= 11 is 0. The number of nitrogens with one attached hydrogen (secondary N) is 1. The second-order valence-electron chi connectivity index (χ2n) is 4.87. The summed E-state index contributed by atoms with van der Waals surface area (Å²) in [5, 5.41) is 3.24. The number of nitrogens with zero attached hydrogens (tertiary/aromatic N) is 1. The molecule has 0 bridgehead atoms. The lowest BCUT2D eigenvalue weighted by molar-refractivity contribution is -0.146. The highest BCUT2D eigenvalue weighted by molar-refractivity contribution is 5.76. The van der Waals surface area contributed by atoms with Crippen LogP contribution in [0.1, 0.15) is 27.7 Å². The Kier molecular flexibility index (Phi) is 8.97. The zero-order valence-corrected chi connectivity index (χ0v) is 12.5. The molecule has 0 saturated carbocycles. The molecular formula is C13H28N2O3. The van der Waals surface area contributed by atoms with Crippen molar-refractivity contribution >= 4 is 5.97 Å². The number of hydrogen-bond acceptors (Lipinski definition) is 5. The standard InChI is InChI=1S/C13H28N2O3/c1-7-18-13(16)12(14-10(2)3)8-15(5)11(4)9-17-6/h10-12,14H,7-9H2,1-6H3. The molecule has 108 valence electrons. The van der Waals surface area contributed by atoms with Crippen LogP contribution in [0.25, 0.3) is 0 Å². The van der Waals surface area contributed by atoms with E-state index >= 15 is 0 Å². The van der Waals surface area contributed by atoms with Gasteiger partial charge in [-0.3, -0.25) is 9.69 Å². The third kappa shape index (κ3) is 6.93. The molecule has 1 N–H and O–H groups in total. The molecule has 0 radical (unpaired) electrons. The second-order valence-corrected chi connectivity index (χ2v) is 4.87. The number of likely N-dealkylation sites (N-methyl/N-ethyl adjacent to an activating group) is 1. The van der Waals surface area contributed by atoms with E-state index in [-0.39, 0.29) is 24.1 Å². The number of methoxy groups -OCH3 is 1. The molecule has 0 heterocycles. The van der Waals surface area contributed by atoms with Crippen molar-refractivity contribution in [3.63, 3.8) is 0 Å². The Labute approximate surface area is 111 Å². The zero-order chi connectivity index (χ0) is 14.1. The lowest BCUT2D eigenvalue weighted by atomic mass is 10.2. The van der Waals surface area contributed by atoms with Crippen molar-refractivity contribution in [3.05, 3.63) is 0 Å². The third-order valence-corrected chi connectivity index (χ3v) is 2.74. The minimum atomic E-state index is -0.297. The average molecular weight is 260 g/mol. The molecule has 0 saturated heterocycles. The second kappa shape index (κ2) is 9.30. The molecule has 0 rings (SSSR count). The van der Waals surface area contributed by atoms with Crippen LogP contribution in [0.5, 0.6) is 0 Å². The number of ether oxygens (including phenoxy) is 2. The SMILES string of the molecule is CCOC(=O)C(CN(C)C(C)COC)NC(C)C. The van der Waals surface area contributed by atoms with E-state index in [4.69, 9.17) is 9.47 Å². The van der Waals surface area contributed by atoms with Gasteiger partial charge in [-0.1, -0.05) is 13.8 Å². The minimum absolute atomic E-state index is 0.192. The molecule has 5 nitrogen and oxygen atoms in total. The van der Waals surface area contributed by atoms with Crippen LogP contribution >= 0.6 is 0 Å². The van der Waals surface area contributed by atoms with Crippen LogP contribution in [0.2, 0.25) is 0 Å². The van der Waals surface area contributed by atoms with Crippen LogP contribution in [0.4, 0.5) is 0 Å². The highest BCUT2D eigenvalue weighted by Gasteiger charge is 2.23. The number of rotatable bonds is 9. The molecule has 0 aromatic rings. The predicted molar refractivity (Wildman–Crippen MR) is 72.7 cm³/mol. The fourth-order valence-electron chi connectivity index (χ4n) is 1.68. The van der Waals surface area contributed by atoms with Gasteiger partial charge in [0.2, 0.25) is 0 Å². The van der Waals surface area contributed by atoms with Crippen LogP contribution in [-0.2, 0) is 14.3 Å². The van der Waals surface area contributed by atoms with Crippen LogP contribution < -0.4 is 5.32 Å². The summed E-state index contributed by atoms with van der Waals surface area (Å²) in [7, 11) is 3.66. The maximum absolute atomic E-state index is 11.9. The Hall–Kier alpha value is -0.650. The highest BCUT2D eigenvalue weighted by Crippen LogP contribution is 2.01. The van der Waals surface area contributed by atoms with Gasteiger partial charge < -0.3 is 14.8 Å². The van der Waals surface area contributed by atoms with Gasteiger partial charge in [-0.2, -0.15) is 0 Å². The van der Waals surface area contributed by atoms with Crippen molar-refractivity contribution in [2.24, 2.45) is 0 Å². The summed E-state index contributed by atoms with van der Waals surface area (Å²) in [6.45, 7) is 9.60. The highest BCUT2D eigenvalue weighted by atomic mass is 16.5. The van der Waals surface area contributed by atoms with Crippen molar-refractivity contribution in [3.8, 4) is 0 Å². The zero-order valence-electron chi connectivity index (χ0n) is 12.5. The van der Waals surface area contributed by atoms with E-state index in [1.54, 1.807) is 7.11 Å². The van der Waals surface area contributed by atoms with E-state index in [1.807, 2.05) is 27.8 Å². The van der Waals surface area contributed by atoms with Gasteiger partial charge in [-0.15, -0.1) is 0 Å². The number of esters is 1. The maximum atomic E-state index is 11.9. The molecule has 2 atom stereocenters. The largest absolute Gasteiger partial charge is 0.465 e. The molecule has 0 fully saturated rings. The van der Waals surface area contributed by atoms with E-state index in [9.17, 15) is 4.79 Å². The van der Waals surface area contributed by atoms with Gasteiger partial charge in [0.25, 0.3) is 0 Å². The molecule has 0 aliphatic rings. The molecule has 0 aliphatic heterocycles. The van der Waals surface area contributed by atoms with E-state index in [1.165, 1.54) is 0 Å². The van der Waals surface area contributed by atoms with E-state index in [0.717, 1.165) is 0 Å². The van der Waals surface area contributed by atoms with Crippen molar-refractivity contribution in [1.82, 2.24) is 10.2 Å². The van der Waals surface area contributed by atoms with Gasteiger partial charge in [0.15, 0.2) is 0 Å². The smallest absolute Gasteiger partial charge is 0.324 e. The van der Waals surface area contributed by atoms with Crippen molar-refractivity contribution in [2.45, 2.75) is 45.8 Å². The third-order valence-electron chi connectivity index (χ3n) is 2.74. The monoisotopic (exact) mass is 260 g/mol. The number of hydrogen-bond donors (Lipinski definition) is 1. The first-order valence-electron chi connectivity index (χ1n) is 6.54. The van der Waals surface area contributed by atoms with Gasteiger partial charge in [-0.25, -0.2) is 0 Å². The van der Waals surface area contributed by atoms with Crippen LogP contribution in [0.3, 0.4) is 0 Å². The Bertz CT molecular complexity index is 234. The Morgan fingerprint density at radius 2 is 1.94 bits per heavy atom. The molecule has 5 heteroatoms. The van der Waals surface area contributed by atoms with Gasteiger partial charge in [0, 0.05) is 25.7 Å². The topological polar surface area (TPSA) is 50.8 Å². The number of carbonyl (C=O) groups excluding carboxylic acids is 1. The first-order chi connectivity index (χ1) is 8.42.